The van der Waals surface area contributed by atoms with Crippen molar-refractivity contribution < 1.29 is 14.3 Å². The van der Waals surface area contributed by atoms with Gasteiger partial charge in [-0.3, -0.25) is 9.59 Å². The number of aromatic nitrogens is 2. The Kier molecular flexibility index (Phi) is 8.19. The normalized spacial score (nSPS) is 17.5. The first-order valence-electron chi connectivity index (χ1n) is 13.8. The average Bonchev–Trinajstić information content (AvgIpc) is 3.70. The van der Waals surface area contributed by atoms with E-state index in [1.54, 1.807) is 7.11 Å². The van der Waals surface area contributed by atoms with Crippen LogP contribution in [0.3, 0.4) is 0 Å². The summed E-state index contributed by atoms with van der Waals surface area (Å²) in [5.74, 6) is 1.22. The Hall–Kier alpha value is -3.19. The predicted octanol–water partition coefficient (Wildman–Crippen LogP) is 5.31. The quantitative estimate of drug-likeness (QED) is 0.474. The number of hydrogen-bond acceptors (Lipinski definition) is 4. The van der Waals surface area contributed by atoms with Crippen molar-refractivity contribution in [3.05, 3.63) is 59.9 Å². The summed E-state index contributed by atoms with van der Waals surface area (Å²) < 4.78 is 7.37. The highest BCUT2D eigenvalue weighted by atomic mass is 16.5. The molecule has 1 aliphatic carbocycles. The number of fused-ring (bicyclic) bond motifs is 2. The lowest BCUT2D eigenvalue weighted by molar-refractivity contribution is -0.132. The summed E-state index contributed by atoms with van der Waals surface area (Å²) in [4.78, 5) is 35.8. The summed E-state index contributed by atoms with van der Waals surface area (Å²) in [6, 6.07) is 16.1. The van der Waals surface area contributed by atoms with Gasteiger partial charge in [-0.05, 0) is 49.4 Å². The van der Waals surface area contributed by atoms with E-state index in [-0.39, 0.29) is 24.3 Å². The van der Waals surface area contributed by atoms with Crippen molar-refractivity contribution in [2.45, 2.75) is 71.1 Å². The first-order valence-corrected chi connectivity index (χ1v) is 13.8. The molecule has 0 radical (unpaired) electrons. The van der Waals surface area contributed by atoms with Gasteiger partial charge in [0, 0.05) is 38.3 Å². The number of carbonyl (C=O) groups is 2. The zero-order valence-electron chi connectivity index (χ0n) is 21.9. The highest BCUT2D eigenvalue weighted by Crippen LogP contribution is 2.34. The Balaban J connectivity index is 1.44. The SMILES string of the molecule is COCc1nc2ccccc2n1CC(=O)N1CCCCCCCCN(C(=O)C2CC2)c2ccccc2C1. The summed E-state index contributed by atoms with van der Waals surface area (Å²) in [5, 5.41) is 0. The number of imidazole rings is 1. The number of carbonyl (C=O) groups excluding carboxylic acids is 2. The number of ether oxygens (including phenoxy) is 1. The fourth-order valence-corrected chi connectivity index (χ4v) is 5.36. The molecule has 0 atom stereocenters. The van der Waals surface area contributed by atoms with Crippen molar-refractivity contribution in [1.82, 2.24) is 14.5 Å². The molecule has 2 aliphatic rings. The number of para-hydroxylation sites is 3. The number of benzene rings is 2. The van der Waals surface area contributed by atoms with Gasteiger partial charge in [-0.2, -0.15) is 0 Å². The topological polar surface area (TPSA) is 67.7 Å². The Morgan fingerprint density at radius 3 is 2.41 bits per heavy atom. The lowest BCUT2D eigenvalue weighted by Gasteiger charge is -2.29. The van der Waals surface area contributed by atoms with E-state index in [1.807, 2.05) is 50.8 Å². The summed E-state index contributed by atoms with van der Waals surface area (Å²) in [6.45, 7) is 2.52. The van der Waals surface area contributed by atoms with Crippen LogP contribution in [0.4, 0.5) is 5.69 Å². The second-order valence-electron chi connectivity index (χ2n) is 10.4. The second kappa shape index (κ2) is 11.9. The van der Waals surface area contributed by atoms with Crippen LogP contribution in [-0.2, 0) is 34.0 Å². The van der Waals surface area contributed by atoms with E-state index in [4.69, 9.17) is 9.72 Å². The number of nitrogens with zero attached hydrogens (tertiary/aromatic N) is 4. The van der Waals surface area contributed by atoms with Crippen molar-refractivity contribution in [1.29, 1.82) is 0 Å². The Labute approximate surface area is 219 Å². The molecule has 5 rings (SSSR count). The Morgan fingerprint density at radius 2 is 1.62 bits per heavy atom. The van der Waals surface area contributed by atoms with Crippen LogP contribution in [0.15, 0.2) is 48.5 Å². The van der Waals surface area contributed by atoms with Crippen molar-refractivity contribution >= 4 is 28.5 Å². The number of methoxy groups -OCH3 is 1. The third-order valence-corrected chi connectivity index (χ3v) is 7.55. The monoisotopic (exact) mass is 502 g/mol. The number of rotatable bonds is 5. The standard InChI is InChI=1S/C30H38N4O3/c1-37-22-28-31-25-13-7-9-15-27(25)34(28)21-29(35)32-18-10-4-2-3-5-11-19-33(30(36)23-16-17-23)26-14-8-6-12-24(26)20-32/h6-9,12-15,23H,2-5,10-11,16-22H2,1H3. The third-order valence-electron chi connectivity index (χ3n) is 7.55. The number of hydrogen-bond donors (Lipinski definition) is 0. The lowest BCUT2D eigenvalue weighted by atomic mass is 10.1. The maximum atomic E-state index is 13.8. The van der Waals surface area contributed by atoms with E-state index in [0.717, 1.165) is 79.6 Å². The van der Waals surface area contributed by atoms with Crippen LogP contribution < -0.4 is 4.90 Å². The molecule has 7 heteroatoms. The molecule has 37 heavy (non-hydrogen) atoms. The fraction of sp³-hybridized carbons (Fsp3) is 0.500. The average molecular weight is 503 g/mol. The molecule has 2 aromatic carbocycles. The number of amides is 2. The van der Waals surface area contributed by atoms with Crippen LogP contribution in [0.1, 0.15) is 62.8 Å². The molecule has 0 spiro atoms. The smallest absolute Gasteiger partial charge is 0.242 e. The van der Waals surface area contributed by atoms with Gasteiger partial charge in [0.1, 0.15) is 19.0 Å². The molecule has 2 amide bonds. The van der Waals surface area contributed by atoms with E-state index in [1.165, 1.54) is 6.42 Å². The molecule has 1 aliphatic heterocycles. The largest absolute Gasteiger partial charge is 0.377 e. The molecule has 3 aromatic rings. The minimum absolute atomic E-state index is 0.0604. The first-order chi connectivity index (χ1) is 18.2. The van der Waals surface area contributed by atoms with Gasteiger partial charge in [0.05, 0.1) is 11.0 Å². The summed E-state index contributed by atoms with van der Waals surface area (Å²) in [6.07, 6.45) is 8.56. The highest BCUT2D eigenvalue weighted by molar-refractivity contribution is 5.97. The summed E-state index contributed by atoms with van der Waals surface area (Å²) in [7, 11) is 1.65. The fourth-order valence-electron chi connectivity index (χ4n) is 5.36. The molecule has 1 fully saturated rings. The van der Waals surface area contributed by atoms with Gasteiger partial charge in [0.15, 0.2) is 0 Å². The van der Waals surface area contributed by atoms with Crippen molar-refractivity contribution in [2.75, 3.05) is 25.1 Å². The maximum Gasteiger partial charge on any atom is 0.242 e. The predicted molar refractivity (Wildman–Crippen MR) is 145 cm³/mol. The zero-order chi connectivity index (χ0) is 25.6. The molecule has 2 heterocycles. The van der Waals surface area contributed by atoms with Gasteiger partial charge in [-0.1, -0.05) is 56.0 Å². The van der Waals surface area contributed by atoms with Crippen LogP contribution in [0, 0.1) is 5.92 Å². The Bertz CT molecular complexity index is 1230. The molecular formula is C30H38N4O3. The van der Waals surface area contributed by atoms with Gasteiger partial charge in [-0.15, -0.1) is 0 Å². The molecule has 0 N–H and O–H groups in total. The first kappa shape index (κ1) is 25.5. The van der Waals surface area contributed by atoms with Crippen LogP contribution in [0.25, 0.3) is 11.0 Å². The minimum Gasteiger partial charge on any atom is -0.377 e. The summed E-state index contributed by atoms with van der Waals surface area (Å²) >= 11 is 0. The molecular weight excluding hydrogens is 464 g/mol. The third kappa shape index (κ3) is 6.04. The van der Waals surface area contributed by atoms with Gasteiger partial charge in [0.2, 0.25) is 11.8 Å². The van der Waals surface area contributed by atoms with Crippen LogP contribution >= 0.6 is 0 Å². The van der Waals surface area contributed by atoms with Crippen LogP contribution in [0.2, 0.25) is 0 Å². The van der Waals surface area contributed by atoms with Gasteiger partial charge < -0.3 is 19.1 Å². The molecule has 0 bridgehead atoms. The van der Waals surface area contributed by atoms with Gasteiger partial charge >= 0.3 is 0 Å². The molecule has 7 nitrogen and oxygen atoms in total. The van der Waals surface area contributed by atoms with E-state index >= 15 is 0 Å². The lowest BCUT2D eigenvalue weighted by Crippen LogP contribution is -2.37. The Morgan fingerprint density at radius 1 is 0.919 bits per heavy atom. The molecule has 1 aromatic heterocycles. The van der Waals surface area contributed by atoms with E-state index < -0.39 is 0 Å². The molecule has 0 unspecified atom stereocenters. The van der Waals surface area contributed by atoms with E-state index in [0.29, 0.717) is 19.7 Å². The maximum absolute atomic E-state index is 13.8. The van der Waals surface area contributed by atoms with Crippen molar-refractivity contribution in [3.63, 3.8) is 0 Å². The molecule has 0 saturated heterocycles. The minimum atomic E-state index is 0.0604. The number of anilines is 1. The second-order valence-corrected chi connectivity index (χ2v) is 10.4. The molecule has 196 valence electrons. The van der Waals surface area contributed by atoms with E-state index in [9.17, 15) is 9.59 Å². The van der Waals surface area contributed by atoms with Crippen LogP contribution in [0.5, 0.6) is 0 Å². The molecule has 1 saturated carbocycles. The van der Waals surface area contributed by atoms with Crippen molar-refractivity contribution in [2.24, 2.45) is 5.92 Å². The van der Waals surface area contributed by atoms with E-state index in [2.05, 4.69) is 12.1 Å². The van der Waals surface area contributed by atoms with Crippen LogP contribution in [-0.4, -0.2) is 46.5 Å². The summed E-state index contributed by atoms with van der Waals surface area (Å²) in [5.41, 5.74) is 3.81. The highest BCUT2D eigenvalue weighted by Gasteiger charge is 2.34. The van der Waals surface area contributed by atoms with Gasteiger partial charge in [0.25, 0.3) is 0 Å². The van der Waals surface area contributed by atoms with Gasteiger partial charge in [-0.25, -0.2) is 4.98 Å². The zero-order valence-corrected chi connectivity index (χ0v) is 21.9. The van der Waals surface area contributed by atoms with Crippen molar-refractivity contribution in [3.8, 4) is 0 Å².